The van der Waals surface area contributed by atoms with Crippen molar-refractivity contribution in [1.82, 2.24) is 10.6 Å². The lowest BCUT2D eigenvalue weighted by atomic mass is 10.1. The van der Waals surface area contributed by atoms with E-state index in [2.05, 4.69) is 10.6 Å². The number of nitrogens with one attached hydrogen (secondary N) is 2. The summed E-state index contributed by atoms with van der Waals surface area (Å²) in [6, 6.07) is 9.81. The molecule has 9 heteroatoms. The minimum atomic E-state index is -1.13. The Morgan fingerprint density at radius 2 is 1.66 bits per heavy atom. The quantitative estimate of drug-likeness (QED) is 0.485. The molecule has 3 N–H and O–H groups in total. The van der Waals surface area contributed by atoms with E-state index in [9.17, 15) is 19.5 Å². The van der Waals surface area contributed by atoms with Gasteiger partial charge in [-0.3, -0.25) is 9.59 Å². The molecule has 0 radical (unpaired) electrons. The van der Waals surface area contributed by atoms with Crippen molar-refractivity contribution in [2.24, 2.45) is 0 Å². The van der Waals surface area contributed by atoms with Crippen LogP contribution in [0, 0.1) is 0 Å². The number of hydrogen-bond acceptors (Lipinski definition) is 3. The van der Waals surface area contributed by atoms with Gasteiger partial charge in [-0.1, -0.05) is 40.9 Å². The standard InChI is InChI=1S/C20H19Cl3N2O4/c21-13-5-3-4-12(10-13)18(26)25-17(20(28)29)6-1-2-9-24-19(27)15-8-7-14(22)11-16(15)23/h3-5,7-8,10-11,17H,1-2,6,9H2,(H,24,27)(H,25,26)(H,28,29)/t17-/m0/s1. The number of carboxylic acids is 1. The van der Waals surface area contributed by atoms with Gasteiger partial charge in [-0.05, 0) is 55.7 Å². The smallest absolute Gasteiger partial charge is 0.326 e. The van der Waals surface area contributed by atoms with E-state index in [1.807, 2.05) is 0 Å². The van der Waals surface area contributed by atoms with E-state index in [1.54, 1.807) is 24.3 Å². The number of carbonyl (C=O) groups is 3. The maximum absolute atomic E-state index is 12.2. The maximum atomic E-state index is 12.2. The lowest BCUT2D eigenvalue weighted by molar-refractivity contribution is -0.139. The van der Waals surface area contributed by atoms with Crippen molar-refractivity contribution in [3.8, 4) is 0 Å². The number of aliphatic carboxylic acids is 1. The van der Waals surface area contributed by atoms with E-state index in [1.165, 1.54) is 18.2 Å². The summed E-state index contributed by atoms with van der Waals surface area (Å²) >= 11 is 17.6. The zero-order valence-corrected chi connectivity index (χ0v) is 17.5. The van der Waals surface area contributed by atoms with Gasteiger partial charge < -0.3 is 15.7 Å². The Morgan fingerprint density at radius 1 is 0.931 bits per heavy atom. The molecule has 0 heterocycles. The van der Waals surface area contributed by atoms with E-state index in [-0.39, 0.29) is 22.9 Å². The van der Waals surface area contributed by atoms with E-state index < -0.39 is 17.9 Å². The summed E-state index contributed by atoms with van der Waals surface area (Å²) in [6.45, 7) is 0.340. The summed E-state index contributed by atoms with van der Waals surface area (Å²) < 4.78 is 0. The predicted molar refractivity (Wildman–Crippen MR) is 113 cm³/mol. The third kappa shape index (κ3) is 7.24. The Morgan fingerprint density at radius 3 is 2.31 bits per heavy atom. The molecule has 0 aliphatic rings. The van der Waals surface area contributed by atoms with Crippen LogP contribution in [0.25, 0.3) is 0 Å². The van der Waals surface area contributed by atoms with Crippen molar-refractivity contribution in [3.63, 3.8) is 0 Å². The largest absolute Gasteiger partial charge is 0.480 e. The Kier molecular flexibility index (Phi) is 8.76. The number of halogens is 3. The summed E-state index contributed by atoms with van der Waals surface area (Å²) in [5.74, 6) is -1.97. The highest BCUT2D eigenvalue weighted by atomic mass is 35.5. The van der Waals surface area contributed by atoms with Gasteiger partial charge in [0.25, 0.3) is 11.8 Å². The fraction of sp³-hybridized carbons (Fsp3) is 0.250. The molecule has 0 aliphatic heterocycles. The maximum Gasteiger partial charge on any atom is 0.326 e. The Labute approximate surface area is 183 Å². The van der Waals surface area contributed by atoms with Crippen LogP contribution >= 0.6 is 34.8 Å². The Balaban J connectivity index is 1.78. The molecular formula is C20H19Cl3N2O4. The summed E-state index contributed by atoms with van der Waals surface area (Å²) in [6.07, 6.45) is 1.24. The number of carboxylic acid groups (broad SMARTS) is 1. The number of hydrogen-bond donors (Lipinski definition) is 3. The molecule has 29 heavy (non-hydrogen) atoms. The molecule has 2 amide bonds. The van der Waals surface area contributed by atoms with Crippen LogP contribution in [0.2, 0.25) is 15.1 Å². The number of benzene rings is 2. The number of rotatable bonds is 9. The minimum Gasteiger partial charge on any atom is -0.480 e. The number of amides is 2. The highest BCUT2D eigenvalue weighted by Gasteiger charge is 2.20. The van der Waals surface area contributed by atoms with Crippen molar-refractivity contribution >= 4 is 52.6 Å². The molecule has 2 aromatic rings. The summed E-state index contributed by atoms with van der Waals surface area (Å²) in [5.41, 5.74) is 0.601. The van der Waals surface area contributed by atoms with E-state index in [0.29, 0.717) is 35.0 Å². The molecule has 154 valence electrons. The van der Waals surface area contributed by atoms with Crippen LogP contribution in [0.4, 0.5) is 0 Å². The fourth-order valence-electron chi connectivity index (χ4n) is 2.57. The van der Waals surface area contributed by atoms with Crippen molar-refractivity contribution in [2.75, 3.05) is 6.54 Å². The van der Waals surface area contributed by atoms with Gasteiger partial charge in [-0.15, -0.1) is 0 Å². The molecular weight excluding hydrogens is 439 g/mol. The monoisotopic (exact) mass is 456 g/mol. The molecule has 0 saturated carbocycles. The van der Waals surface area contributed by atoms with Crippen LogP contribution in [0.3, 0.4) is 0 Å². The molecule has 1 atom stereocenters. The topological polar surface area (TPSA) is 95.5 Å². The summed E-state index contributed by atoms with van der Waals surface area (Å²) in [7, 11) is 0. The van der Waals surface area contributed by atoms with Crippen LogP contribution < -0.4 is 10.6 Å². The van der Waals surface area contributed by atoms with E-state index in [4.69, 9.17) is 34.8 Å². The first kappa shape index (κ1) is 23.0. The average Bonchev–Trinajstić information content (AvgIpc) is 2.66. The molecule has 0 unspecified atom stereocenters. The van der Waals surface area contributed by atoms with Crippen molar-refractivity contribution in [2.45, 2.75) is 25.3 Å². The van der Waals surface area contributed by atoms with Gasteiger partial charge in [0.1, 0.15) is 6.04 Å². The average molecular weight is 458 g/mol. The normalized spacial score (nSPS) is 11.6. The molecule has 0 spiro atoms. The first-order chi connectivity index (χ1) is 13.8. The number of carbonyl (C=O) groups excluding carboxylic acids is 2. The van der Waals surface area contributed by atoms with Gasteiger partial charge in [-0.25, -0.2) is 4.79 Å². The van der Waals surface area contributed by atoms with Gasteiger partial charge in [0, 0.05) is 22.2 Å². The van der Waals surface area contributed by atoms with Gasteiger partial charge in [0.05, 0.1) is 10.6 Å². The zero-order valence-electron chi connectivity index (χ0n) is 15.3. The lowest BCUT2D eigenvalue weighted by Gasteiger charge is -2.15. The highest BCUT2D eigenvalue weighted by molar-refractivity contribution is 6.36. The third-order valence-electron chi connectivity index (χ3n) is 4.07. The van der Waals surface area contributed by atoms with Crippen molar-refractivity contribution in [1.29, 1.82) is 0 Å². The molecule has 0 aliphatic carbocycles. The number of unbranched alkanes of at least 4 members (excludes halogenated alkanes) is 1. The van der Waals surface area contributed by atoms with Crippen LogP contribution in [-0.4, -0.2) is 35.5 Å². The SMILES string of the molecule is O=C(N[C@@H](CCCCNC(=O)c1ccc(Cl)cc1Cl)C(=O)O)c1cccc(Cl)c1. The first-order valence-corrected chi connectivity index (χ1v) is 9.94. The minimum absolute atomic E-state index is 0.221. The van der Waals surface area contributed by atoms with Crippen LogP contribution in [0.1, 0.15) is 40.0 Å². The second-order valence-electron chi connectivity index (χ2n) is 6.25. The second-order valence-corrected chi connectivity index (χ2v) is 7.53. The lowest BCUT2D eigenvalue weighted by Crippen LogP contribution is -2.40. The Hall–Kier alpha value is -2.28. The fourth-order valence-corrected chi connectivity index (χ4v) is 3.26. The summed E-state index contributed by atoms with van der Waals surface area (Å²) in [4.78, 5) is 35.7. The zero-order chi connectivity index (χ0) is 21.4. The Bertz CT molecular complexity index is 905. The van der Waals surface area contributed by atoms with E-state index in [0.717, 1.165) is 0 Å². The molecule has 2 aromatic carbocycles. The molecule has 0 saturated heterocycles. The summed E-state index contributed by atoms with van der Waals surface area (Å²) in [5, 5.41) is 15.6. The first-order valence-electron chi connectivity index (χ1n) is 8.80. The van der Waals surface area contributed by atoms with Crippen LogP contribution in [-0.2, 0) is 4.79 Å². The second kappa shape index (κ2) is 11.0. The third-order valence-corrected chi connectivity index (χ3v) is 4.85. The van der Waals surface area contributed by atoms with Crippen molar-refractivity contribution in [3.05, 3.63) is 68.7 Å². The van der Waals surface area contributed by atoms with Crippen LogP contribution in [0.5, 0.6) is 0 Å². The van der Waals surface area contributed by atoms with Crippen molar-refractivity contribution < 1.29 is 19.5 Å². The van der Waals surface area contributed by atoms with E-state index >= 15 is 0 Å². The molecule has 0 fully saturated rings. The van der Waals surface area contributed by atoms with Gasteiger partial charge in [0.15, 0.2) is 0 Å². The van der Waals surface area contributed by atoms with Gasteiger partial charge >= 0.3 is 5.97 Å². The van der Waals surface area contributed by atoms with Gasteiger partial charge in [-0.2, -0.15) is 0 Å². The molecule has 6 nitrogen and oxygen atoms in total. The molecule has 0 bridgehead atoms. The molecule has 2 rings (SSSR count). The van der Waals surface area contributed by atoms with Crippen LogP contribution in [0.15, 0.2) is 42.5 Å². The predicted octanol–water partition coefficient (Wildman–Crippen LogP) is 4.43. The molecule has 0 aromatic heterocycles. The highest BCUT2D eigenvalue weighted by Crippen LogP contribution is 2.20. The van der Waals surface area contributed by atoms with Gasteiger partial charge in [0.2, 0.25) is 0 Å².